The van der Waals surface area contributed by atoms with Gasteiger partial charge in [-0.3, -0.25) is 10.2 Å². The number of nitrogens with zero attached hydrogens (tertiary/aromatic N) is 1. The molecule has 0 aliphatic carbocycles. The van der Waals surface area contributed by atoms with Crippen molar-refractivity contribution in [1.29, 1.82) is 0 Å². The molecule has 1 amide bonds. The molecule has 104 valence electrons. The Bertz CT molecular complexity index is 434. The molecule has 1 saturated heterocycles. The molecule has 0 bridgehead atoms. The quantitative estimate of drug-likeness (QED) is 0.797. The summed E-state index contributed by atoms with van der Waals surface area (Å²) in [4.78, 5) is 13.3. The Morgan fingerprint density at radius 1 is 1.47 bits per heavy atom. The number of ether oxygens (including phenoxy) is 1. The topological polar surface area (TPSA) is 46.0 Å². The number of rotatable bonds is 4. The number of amides is 1. The first kappa shape index (κ1) is 14.3. The maximum absolute atomic E-state index is 11.8. The molecule has 1 aliphatic heterocycles. The summed E-state index contributed by atoms with van der Waals surface area (Å²) in [5, 5.41) is 1.96. The second-order valence-corrected chi connectivity index (χ2v) is 5.64. The number of piperazine rings is 1. The molecule has 1 heterocycles. The highest BCUT2D eigenvalue weighted by molar-refractivity contribution is 9.10. The molecule has 1 aromatic carbocycles. The van der Waals surface area contributed by atoms with E-state index in [1.165, 1.54) is 4.90 Å². The van der Waals surface area contributed by atoms with Gasteiger partial charge in [-0.15, -0.1) is 0 Å². The van der Waals surface area contributed by atoms with Gasteiger partial charge in [0.05, 0.1) is 33.2 Å². The van der Waals surface area contributed by atoms with Crippen LogP contribution in [0.4, 0.5) is 0 Å². The predicted molar refractivity (Wildman–Crippen MR) is 76.0 cm³/mol. The van der Waals surface area contributed by atoms with Gasteiger partial charge < -0.3 is 9.64 Å². The van der Waals surface area contributed by atoms with Crippen LogP contribution in [0.3, 0.4) is 0 Å². The summed E-state index contributed by atoms with van der Waals surface area (Å²) in [6.07, 6.45) is 0. The van der Waals surface area contributed by atoms with Crippen molar-refractivity contribution < 1.29 is 14.4 Å². The number of hydrazine groups is 1. The molecule has 1 aliphatic rings. The van der Waals surface area contributed by atoms with Gasteiger partial charge in [0, 0.05) is 4.47 Å². The van der Waals surface area contributed by atoms with E-state index >= 15 is 0 Å². The first-order chi connectivity index (χ1) is 9.13. The molecule has 6 heteroatoms. The summed E-state index contributed by atoms with van der Waals surface area (Å²) in [6.45, 7) is 3.90. The Morgan fingerprint density at radius 2 is 2.21 bits per heavy atom. The van der Waals surface area contributed by atoms with Crippen LogP contribution < -0.4 is 15.1 Å². The van der Waals surface area contributed by atoms with E-state index in [0.717, 1.165) is 30.7 Å². The van der Waals surface area contributed by atoms with Crippen LogP contribution in [-0.4, -0.2) is 50.7 Å². The molecule has 2 rings (SSSR count). The Kier molecular flexibility index (Phi) is 5.18. The first-order valence-electron chi connectivity index (χ1n) is 6.37. The number of carbonyl (C=O) groups excluding carboxylic acids is 1. The van der Waals surface area contributed by atoms with Crippen molar-refractivity contribution in [3.8, 4) is 5.75 Å². The highest BCUT2D eigenvalue weighted by Gasteiger charge is 2.18. The summed E-state index contributed by atoms with van der Waals surface area (Å²) in [6, 6.07) is 7.46. The van der Waals surface area contributed by atoms with Crippen LogP contribution in [0.2, 0.25) is 0 Å². The van der Waals surface area contributed by atoms with E-state index in [0.29, 0.717) is 5.75 Å². The van der Waals surface area contributed by atoms with E-state index in [-0.39, 0.29) is 12.5 Å². The van der Waals surface area contributed by atoms with Gasteiger partial charge in [-0.2, -0.15) is 0 Å². The van der Waals surface area contributed by atoms with Crippen molar-refractivity contribution in [1.82, 2.24) is 10.4 Å². The fourth-order valence-corrected chi connectivity index (χ4v) is 2.29. The summed E-state index contributed by atoms with van der Waals surface area (Å²) in [7, 11) is 2.16. The number of hydrogen-bond donors (Lipinski definition) is 2. The lowest BCUT2D eigenvalue weighted by Gasteiger charge is -2.29. The lowest BCUT2D eigenvalue weighted by molar-refractivity contribution is -0.884. The third kappa shape index (κ3) is 4.81. The largest absolute Gasteiger partial charge is 0.484 e. The van der Waals surface area contributed by atoms with Crippen LogP contribution in [-0.2, 0) is 4.79 Å². The minimum absolute atomic E-state index is 0.0374. The molecular formula is C13H19BrN3O2+. The van der Waals surface area contributed by atoms with Crippen molar-refractivity contribution in [2.75, 3.05) is 39.8 Å². The van der Waals surface area contributed by atoms with Crippen molar-refractivity contribution in [2.45, 2.75) is 0 Å². The molecule has 1 aromatic rings. The molecule has 0 radical (unpaired) electrons. The van der Waals surface area contributed by atoms with E-state index < -0.39 is 0 Å². The lowest BCUT2D eigenvalue weighted by atomic mass is 10.3. The predicted octanol–water partition coefficient (Wildman–Crippen LogP) is -0.311. The van der Waals surface area contributed by atoms with Gasteiger partial charge in [0.15, 0.2) is 6.61 Å². The van der Waals surface area contributed by atoms with Gasteiger partial charge in [-0.05, 0) is 18.2 Å². The monoisotopic (exact) mass is 328 g/mol. The zero-order valence-electron chi connectivity index (χ0n) is 11.0. The molecule has 1 fully saturated rings. The normalized spacial score (nSPS) is 17.2. The number of hydrogen-bond acceptors (Lipinski definition) is 3. The second-order valence-electron chi connectivity index (χ2n) is 4.73. The Morgan fingerprint density at radius 3 is 2.89 bits per heavy atom. The highest BCUT2D eigenvalue weighted by atomic mass is 79.9. The lowest BCUT2D eigenvalue weighted by Crippen LogP contribution is -3.12. The van der Waals surface area contributed by atoms with Gasteiger partial charge in [-0.1, -0.05) is 22.0 Å². The van der Waals surface area contributed by atoms with E-state index in [1.54, 1.807) is 0 Å². The zero-order valence-corrected chi connectivity index (χ0v) is 12.6. The molecule has 19 heavy (non-hydrogen) atoms. The molecule has 0 unspecified atom stereocenters. The Balaban J connectivity index is 1.73. The van der Waals surface area contributed by atoms with Crippen molar-refractivity contribution in [3.63, 3.8) is 0 Å². The fraction of sp³-hybridized carbons (Fsp3) is 0.462. The van der Waals surface area contributed by atoms with Crippen LogP contribution >= 0.6 is 15.9 Å². The smallest absolute Gasteiger partial charge is 0.272 e. The molecule has 5 nitrogen and oxygen atoms in total. The standard InChI is InChI=1S/C13H18BrN3O2/c1-16-5-7-17(8-6-16)15-13(18)10-19-12-4-2-3-11(14)9-12/h2-4,9H,5-8,10H2,1H3,(H,15,18)/p+1. The second kappa shape index (κ2) is 6.88. The number of quaternary nitrogens is 1. The minimum Gasteiger partial charge on any atom is -0.484 e. The molecule has 0 atom stereocenters. The molecule has 0 saturated carbocycles. The number of benzene rings is 1. The number of nitrogens with one attached hydrogen (secondary N) is 2. The average molecular weight is 329 g/mol. The number of halogens is 1. The minimum atomic E-state index is -0.112. The van der Waals surface area contributed by atoms with Crippen molar-refractivity contribution in [2.24, 2.45) is 0 Å². The van der Waals surface area contributed by atoms with Gasteiger partial charge >= 0.3 is 0 Å². The molecular weight excluding hydrogens is 310 g/mol. The van der Waals surface area contributed by atoms with Crippen molar-refractivity contribution >= 4 is 21.8 Å². The highest BCUT2D eigenvalue weighted by Crippen LogP contribution is 2.17. The summed E-state index contributed by atoms with van der Waals surface area (Å²) >= 11 is 3.36. The van der Waals surface area contributed by atoms with E-state index in [4.69, 9.17) is 4.74 Å². The van der Waals surface area contributed by atoms with Crippen LogP contribution in [0.5, 0.6) is 5.75 Å². The van der Waals surface area contributed by atoms with Gasteiger partial charge in [0.1, 0.15) is 5.75 Å². The van der Waals surface area contributed by atoms with E-state index in [2.05, 4.69) is 28.4 Å². The third-order valence-electron chi connectivity index (χ3n) is 3.07. The van der Waals surface area contributed by atoms with Gasteiger partial charge in [0.2, 0.25) is 0 Å². The Labute approximate surface area is 121 Å². The summed E-state index contributed by atoms with van der Waals surface area (Å²) < 4.78 is 6.37. The van der Waals surface area contributed by atoms with E-state index in [1.807, 2.05) is 29.3 Å². The molecule has 0 aromatic heterocycles. The maximum atomic E-state index is 11.8. The first-order valence-corrected chi connectivity index (χ1v) is 7.17. The molecule has 0 spiro atoms. The maximum Gasteiger partial charge on any atom is 0.272 e. The van der Waals surface area contributed by atoms with Crippen LogP contribution in [0, 0.1) is 0 Å². The summed E-state index contributed by atoms with van der Waals surface area (Å²) in [5.74, 6) is 0.576. The van der Waals surface area contributed by atoms with Gasteiger partial charge in [-0.25, -0.2) is 5.01 Å². The fourth-order valence-electron chi connectivity index (χ4n) is 1.91. The molecule has 2 N–H and O–H groups in total. The number of carbonyl (C=O) groups is 1. The van der Waals surface area contributed by atoms with E-state index in [9.17, 15) is 4.79 Å². The van der Waals surface area contributed by atoms with Gasteiger partial charge in [0.25, 0.3) is 5.91 Å². The average Bonchev–Trinajstić information content (AvgIpc) is 2.39. The third-order valence-corrected chi connectivity index (χ3v) is 3.56. The van der Waals surface area contributed by atoms with Crippen LogP contribution in [0.25, 0.3) is 0 Å². The van der Waals surface area contributed by atoms with Crippen LogP contribution in [0.1, 0.15) is 0 Å². The van der Waals surface area contributed by atoms with Crippen molar-refractivity contribution in [3.05, 3.63) is 28.7 Å². The Hall–Kier alpha value is -1.11. The SMILES string of the molecule is C[NH+]1CCN(NC(=O)COc2cccc(Br)c2)CC1. The zero-order chi connectivity index (χ0) is 13.7. The van der Waals surface area contributed by atoms with Crippen LogP contribution in [0.15, 0.2) is 28.7 Å². The summed E-state index contributed by atoms with van der Waals surface area (Å²) in [5.41, 5.74) is 2.87. The number of likely N-dealkylation sites (N-methyl/N-ethyl adjacent to an activating group) is 1.